The summed E-state index contributed by atoms with van der Waals surface area (Å²) in [4.78, 5) is 0. The van der Waals surface area contributed by atoms with Crippen LogP contribution in [0.5, 0.6) is 0 Å². The molecule has 9 heteroatoms. The monoisotopic (exact) mass is 670 g/mol. The molecule has 4 aliphatic rings. The molecule has 3 saturated heterocycles. The predicted octanol–water partition coefficient (Wildman–Crippen LogP) is 6.61. The van der Waals surface area contributed by atoms with E-state index in [2.05, 4.69) is 0 Å². The normalized spacial score (nSPS) is 30.9. The van der Waals surface area contributed by atoms with Gasteiger partial charge in [0.05, 0.1) is 26.4 Å². The first-order valence-corrected chi connectivity index (χ1v) is 17.1. The van der Waals surface area contributed by atoms with Crippen LogP contribution >= 0.6 is 0 Å². The van der Waals surface area contributed by atoms with E-state index in [1.807, 2.05) is 131 Å². The second kappa shape index (κ2) is 14.7. The van der Waals surface area contributed by atoms with Gasteiger partial charge in [-0.05, 0) is 56.5 Å². The summed E-state index contributed by atoms with van der Waals surface area (Å²) in [6, 6.07) is 30.3. The average Bonchev–Trinajstić information content (AvgIpc) is 3.73. The standard InChI is InChI=1S/C40H46O9/c1-39(2)44-26-34(47-39)36-38-37(48-40(3,4)49-38)32(46-36)21-30-20-31(42-23-28-16-10-6-11-17-28)35(43-24-29-18-12-7-13-19-29)33(45-30)25-41-22-27-14-8-5-9-15-27/h5-21,30,33-38H,22-26H2,1-4H3/b32-21+/t30-,33+,34-,35+,36+,37+,38-/m0/s1. The van der Waals surface area contributed by atoms with Crippen molar-refractivity contribution in [2.75, 3.05) is 13.2 Å². The first kappa shape index (κ1) is 33.9. The fourth-order valence-electron chi connectivity index (χ4n) is 6.66. The van der Waals surface area contributed by atoms with Crippen LogP contribution in [0.15, 0.2) is 115 Å². The number of rotatable bonds is 12. The maximum atomic E-state index is 6.75. The van der Waals surface area contributed by atoms with Gasteiger partial charge in [-0.3, -0.25) is 0 Å². The first-order valence-electron chi connectivity index (χ1n) is 17.1. The fourth-order valence-corrected chi connectivity index (χ4v) is 6.66. The summed E-state index contributed by atoms with van der Waals surface area (Å²) < 4.78 is 57.5. The van der Waals surface area contributed by atoms with E-state index in [1.165, 1.54) is 0 Å². The zero-order valence-corrected chi connectivity index (χ0v) is 28.6. The topological polar surface area (TPSA) is 83.1 Å². The van der Waals surface area contributed by atoms with E-state index in [0.717, 1.165) is 16.7 Å². The third kappa shape index (κ3) is 8.44. The lowest BCUT2D eigenvalue weighted by molar-refractivity contribution is -0.187. The third-order valence-corrected chi connectivity index (χ3v) is 8.92. The van der Waals surface area contributed by atoms with Gasteiger partial charge in [-0.1, -0.05) is 91.0 Å². The van der Waals surface area contributed by atoms with Crippen molar-refractivity contribution < 1.29 is 42.6 Å². The lowest BCUT2D eigenvalue weighted by Crippen LogP contribution is -2.43. The van der Waals surface area contributed by atoms with Crippen molar-refractivity contribution >= 4 is 0 Å². The van der Waals surface area contributed by atoms with Gasteiger partial charge in [-0.15, -0.1) is 0 Å². The molecule has 3 aromatic carbocycles. The molecule has 4 aliphatic heterocycles. The van der Waals surface area contributed by atoms with Gasteiger partial charge in [0.15, 0.2) is 17.7 Å². The van der Waals surface area contributed by atoms with Gasteiger partial charge in [0, 0.05) is 0 Å². The molecule has 49 heavy (non-hydrogen) atoms. The number of fused-ring (bicyclic) bond motifs is 1. The van der Waals surface area contributed by atoms with Gasteiger partial charge in [0.25, 0.3) is 0 Å². The van der Waals surface area contributed by atoms with E-state index >= 15 is 0 Å². The Morgan fingerprint density at radius 3 is 1.98 bits per heavy atom. The molecule has 9 nitrogen and oxygen atoms in total. The second-order valence-electron chi connectivity index (χ2n) is 13.7. The minimum Gasteiger partial charge on any atom is -0.491 e. The summed E-state index contributed by atoms with van der Waals surface area (Å²) in [5.74, 6) is -0.189. The molecule has 0 aromatic heterocycles. The third-order valence-electron chi connectivity index (χ3n) is 8.92. The molecular formula is C40H46O9. The molecule has 0 amide bonds. The zero-order chi connectivity index (χ0) is 33.8. The van der Waals surface area contributed by atoms with Crippen molar-refractivity contribution in [3.63, 3.8) is 0 Å². The maximum absolute atomic E-state index is 6.75. The smallest absolute Gasteiger partial charge is 0.164 e. The molecule has 4 heterocycles. The maximum Gasteiger partial charge on any atom is 0.164 e. The van der Waals surface area contributed by atoms with E-state index in [1.54, 1.807) is 0 Å². The highest BCUT2D eigenvalue weighted by molar-refractivity contribution is 5.24. The SMILES string of the molecule is CC1(C)OC[C@@H]([C@H]2O/C(=C/[C@@H]3C=C(OCc4ccccc4)[C@@H](OCc4ccccc4)[C@@H](COCc4ccccc4)O3)[C@H]3OC(C)(C)O[C@@H]23)O1. The van der Waals surface area contributed by atoms with E-state index in [9.17, 15) is 0 Å². The molecule has 0 spiro atoms. The van der Waals surface area contributed by atoms with Gasteiger partial charge >= 0.3 is 0 Å². The van der Waals surface area contributed by atoms with E-state index in [4.69, 9.17) is 42.6 Å². The Kier molecular flexibility index (Phi) is 10.2. The predicted molar refractivity (Wildman–Crippen MR) is 181 cm³/mol. The van der Waals surface area contributed by atoms with E-state index in [-0.39, 0.29) is 18.8 Å². The molecule has 7 atom stereocenters. The summed E-state index contributed by atoms with van der Waals surface area (Å²) in [6.07, 6.45) is 0.873. The van der Waals surface area contributed by atoms with Crippen LogP contribution in [-0.4, -0.2) is 67.5 Å². The van der Waals surface area contributed by atoms with Crippen LogP contribution in [0.3, 0.4) is 0 Å². The van der Waals surface area contributed by atoms with Crippen LogP contribution in [0.2, 0.25) is 0 Å². The Morgan fingerprint density at radius 1 is 0.714 bits per heavy atom. The Labute approximate surface area is 288 Å². The highest BCUT2D eigenvalue weighted by atomic mass is 16.8. The van der Waals surface area contributed by atoms with Crippen LogP contribution in [-0.2, 0) is 62.5 Å². The zero-order valence-electron chi connectivity index (χ0n) is 28.6. The molecule has 0 unspecified atom stereocenters. The molecule has 7 rings (SSSR count). The number of hydrogen-bond acceptors (Lipinski definition) is 9. The molecule has 0 bridgehead atoms. The number of ether oxygens (including phenoxy) is 9. The molecular weight excluding hydrogens is 624 g/mol. The number of benzene rings is 3. The van der Waals surface area contributed by atoms with Crippen molar-refractivity contribution in [2.24, 2.45) is 0 Å². The molecule has 0 radical (unpaired) electrons. The second-order valence-corrected chi connectivity index (χ2v) is 13.7. The van der Waals surface area contributed by atoms with Crippen LogP contribution in [0.1, 0.15) is 44.4 Å². The van der Waals surface area contributed by atoms with E-state index < -0.39 is 42.1 Å². The molecule has 3 fully saturated rings. The average molecular weight is 671 g/mol. The Hall–Kier alpha value is -3.54. The highest BCUT2D eigenvalue weighted by Crippen LogP contribution is 2.44. The van der Waals surface area contributed by atoms with Gasteiger partial charge in [0.2, 0.25) is 0 Å². The minimum absolute atomic E-state index is 0.282. The van der Waals surface area contributed by atoms with Gasteiger partial charge in [0.1, 0.15) is 54.7 Å². The minimum atomic E-state index is -0.789. The molecule has 0 aliphatic carbocycles. The summed E-state index contributed by atoms with van der Waals surface area (Å²) in [5.41, 5.74) is 3.18. The highest BCUT2D eigenvalue weighted by Gasteiger charge is 2.58. The molecule has 260 valence electrons. The van der Waals surface area contributed by atoms with Crippen molar-refractivity contribution in [1.29, 1.82) is 0 Å². The van der Waals surface area contributed by atoms with Gasteiger partial charge in [-0.2, -0.15) is 0 Å². The first-order chi connectivity index (χ1) is 23.7. The molecule has 0 N–H and O–H groups in total. The Balaban J connectivity index is 1.17. The van der Waals surface area contributed by atoms with Crippen LogP contribution in [0, 0.1) is 0 Å². The summed E-state index contributed by atoms with van der Waals surface area (Å²) >= 11 is 0. The lowest BCUT2D eigenvalue weighted by atomic mass is 10.0. The van der Waals surface area contributed by atoms with Crippen LogP contribution < -0.4 is 0 Å². The summed E-state index contributed by atoms with van der Waals surface area (Å²) in [7, 11) is 0. The van der Waals surface area contributed by atoms with Crippen LogP contribution in [0.4, 0.5) is 0 Å². The van der Waals surface area contributed by atoms with Gasteiger partial charge < -0.3 is 42.6 Å². The fraction of sp³-hybridized carbons (Fsp3) is 0.450. The lowest BCUT2D eigenvalue weighted by Gasteiger charge is -2.35. The van der Waals surface area contributed by atoms with Gasteiger partial charge in [-0.25, -0.2) is 0 Å². The van der Waals surface area contributed by atoms with Crippen molar-refractivity contribution in [2.45, 2.75) is 102 Å². The summed E-state index contributed by atoms with van der Waals surface area (Å²) in [5, 5.41) is 0. The molecule has 3 aromatic rings. The van der Waals surface area contributed by atoms with Crippen molar-refractivity contribution in [1.82, 2.24) is 0 Å². The summed E-state index contributed by atoms with van der Waals surface area (Å²) in [6.45, 7) is 9.52. The quantitative estimate of drug-likeness (QED) is 0.211. The Morgan fingerprint density at radius 2 is 1.35 bits per heavy atom. The van der Waals surface area contributed by atoms with E-state index in [0.29, 0.717) is 37.9 Å². The van der Waals surface area contributed by atoms with Crippen molar-refractivity contribution in [3.8, 4) is 0 Å². The molecule has 0 saturated carbocycles. The van der Waals surface area contributed by atoms with Crippen LogP contribution in [0.25, 0.3) is 0 Å². The van der Waals surface area contributed by atoms with Crippen molar-refractivity contribution in [3.05, 3.63) is 131 Å². The number of hydrogen-bond donors (Lipinski definition) is 0. The largest absolute Gasteiger partial charge is 0.491 e. The Bertz CT molecular complexity index is 1570.